The molecule has 0 radical (unpaired) electrons. The van der Waals surface area contributed by atoms with Crippen molar-refractivity contribution in [2.45, 2.75) is 13.0 Å². The van der Waals surface area contributed by atoms with Gasteiger partial charge in [-0.15, -0.1) is 0 Å². The van der Waals surface area contributed by atoms with Gasteiger partial charge in [-0.25, -0.2) is 0 Å². The van der Waals surface area contributed by atoms with Crippen LogP contribution in [-0.2, 0) is 20.0 Å². The number of hydrogen-bond donors (Lipinski definition) is 1. The van der Waals surface area contributed by atoms with Crippen LogP contribution in [0.2, 0.25) is 0 Å². The Morgan fingerprint density at radius 3 is 2.61 bits per heavy atom. The van der Waals surface area contributed by atoms with E-state index in [0.717, 1.165) is 25.3 Å². The Morgan fingerprint density at radius 2 is 2.00 bits per heavy atom. The highest BCUT2D eigenvalue weighted by Crippen LogP contribution is 2.10. The van der Waals surface area contributed by atoms with Crippen molar-refractivity contribution in [1.29, 1.82) is 0 Å². The standard InChI is InChI=1S/C14H19N3O/c1-17-11-13(10-16-17)7-8-15-9-12-3-5-14(18-2)6-4-12/h3-6,10-11,15H,7-9H2,1-2H3. The second kappa shape index (κ2) is 6.21. The zero-order valence-electron chi connectivity index (χ0n) is 10.9. The lowest BCUT2D eigenvalue weighted by Crippen LogP contribution is -2.16. The molecular weight excluding hydrogens is 226 g/mol. The first kappa shape index (κ1) is 12.6. The average Bonchev–Trinajstić information content (AvgIpc) is 2.81. The minimum atomic E-state index is 0.879. The summed E-state index contributed by atoms with van der Waals surface area (Å²) in [6.45, 7) is 1.84. The first-order valence-corrected chi connectivity index (χ1v) is 6.09. The molecule has 0 spiro atoms. The molecule has 18 heavy (non-hydrogen) atoms. The molecule has 0 unspecified atom stereocenters. The number of aryl methyl sites for hydroxylation is 1. The van der Waals surface area contributed by atoms with Crippen LogP contribution in [0.5, 0.6) is 5.75 Å². The largest absolute Gasteiger partial charge is 0.497 e. The van der Waals surface area contributed by atoms with E-state index in [1.807, 2.05) is 30.1 Å². The normalized spacial score (nSPS) is 10.6. The minimum absolute atomic E-state index is 0.879. The molecule has 4 heteroatoms. The molecule has 0 atom stereocenters. The summed E-state index contributed by atoms with van der Waals surface area (Å²) < 4.78 is 6.96. The van der Waals surface area contributed by atoms with Crippen LogP contribution in [0.25, 0.3) is 0 Å². The fourth-order valence-electron chi connectivity index (χ4n) is 1.81. The number of ether oxygens (including phenoxy) is 1. The smallest absolute Gasteiger partial charge is 0.118 e. The maximum absolute atomic E-state index is 5.13. The SMILES string of the molecule is COc1ccc(CNCCc2cnn(C)c2)cc1. The molecular formula is C14H19N3O. The number of hydrogen-bond acceptors (Lipinski definition) is 3. The number of nitrogens with zero attached hydrogens (tertiary/aromatic N) is 2. The maximum atomic E-state index is 5.13. The molecule has 1 N–H and O–H groups in total. The van der Waals surface area contributed by atoms with Crippen LogP contribution in [0.15, 0.2) is 36.7 Å². The van der Waals surface area contributed by atoms with Crippen molar-refractivity contribution in [3.05, 3.63) is 47.8 Å². The second-order valence-corrected chi connectivity index (χ2v) is 4.30. The predicted molar refractivity (Wildman–Crippen MR) is 71.6 cm³/mol. The summed E-state index contributed by atoms with van der Waals surface area (Å²) in [5, 5.41) is 7.57. The molecule has 0 bridgehead atoms. The molecule has 0 fully saturated rings. The van der Waals surface area contributed by atoms with E-state index >= 15 is 0 Å². The first-order valence-electron chi connectivity index (χ1n) is 6.09. The van der Waals surface area contributed by atoms with Crippen molar-refractivity contribution in [3.8, 4) is 5.75 Å². The van der Waals surface area contributed by atoms with Gasteiger partial charge in [0.1, 0.15) is 5.75 Å². The quantitative estimate of drug-likeness (QED) is 0.788. The van der Waals surface area contributed by atoms with E-state index in [4.69, 9.17) is 4.74 Å². The average molecular weight is 245 g/mol. The van der Waals surface area contributed by atoms with Crippen LogP contribution in [0.1, 0.15) is 11.1 Å². The minimum Gasteiger partial charge on any atom is -0.497 e. The van der Waals surface area contributed by atoms with Gasteiger partial charge in [0.05, 0.1) is 13.3 Å². The monoisotopic (exact) mass is 245 g/mol. The summed E-state index contributed by atoms with van der Waals surface area (Å²) >= 11 is 0. The Kier molecular flexibility index (Phi) is 4.36. The Balaban J connectivity index is 1.71. The van der Waals surface area contributed by atoms with E-state index in [2.05, 4.69) is 28.7 Å². The van der Waals surface area contributed by atoms with Gasteiger partial charge < -0.3 is 10.1 Å². The lowest BCUT2D eigenvalue weighted by molar-refractivity contribution is 0.414. The molecule has 0 aliphatic carbocycles. The molecule has 0 aliphatic heterocycles. The fraction of sp³-hybridized carbons (Fsp3) is 0.357. The van der Waals surface area contributed by atoms with Crippen LogP contribution in [0.4, 0.5) is 0 Å². The van der Waals surface area contributed by atoms with Crippen LogP contribution < -0.4 is 10.1 Å². The van der Waals surface area contributed by atoms with Crippen molar-refractivity contribution in [2.24, 2.45) is 7.05 Å². The molecule has 1 heterocycles. The highest BCUT2D eigenvalue weighted by Gasteiger charge is 1.97. The third kappa shape index (κ3) is 3.60. The van der Waals surface area contributed by atoms with Gasteiger partial charge in [0, 0.05) is 19.8 Å². The van der Waals surface area contributed by atoms with E-state index in [1.54, 1.807) is 7.11 Å². The Labute approximate surface area is 108 Å². The van der Waals surface area contributed by atoms with Gasteiger partial charge in [0.2, 0.25) is 0 Å². The van der Waals surface area contributed by atoms with Crippen molar-refractivity contribution in [3.63, 3.8) is 0 Å². The molecule has 4 nitrogen and oxygen atoms in total. The van der Waals surface area contributed by atoms with E-state index in [9.17, 15) is 0 Å². The molecule has 1 aromatic carbocycles. The van der Waals surface area contributed by atoms with Crippen LogP contribution in [0, 0.1) is 0 Å². The zero-order valence-corrected chi connectivity index (χ0v) is 10.9. The highest BCUT2D eigenvalue weighted by molar-refractivity contribution is 5.27. The van der Waals surface area contributed by atoms with Gasteiger partial charge in [-0.1, -0.05) is 12.1 Å². The zero-order chi connectivity index (χ0) is 12.8. The van der Waals surface area contributed by atoms with Crippen molar-refractivity contribution in [1.82, 2.24) is 15.1 Å². The summed E-state index contributed by atoms with van der Waals surface area (Å²) in [6.07, 6.45) is 4.97. The molecule has 2 aromatic rings. The van der Waals surface area contributed by atoms with Crippen LogP contribution >= 0.6 is 0 Å². The van der Waals surface area contributed by atoms with Gasteiger partial charge in [-0.2, -0.15) is 5.10 Å². The summed E-state index contributed by atoms with van der Waals surface area (Å²) in [4.78, 5) is 0. The van der Waals surface area contributed by atoms with Gasteiger partial charge in [-0.3, -0.25) is 4.68 Å². The third-order valence-corrected chi connectivity index (χ3v) is 2.84. The molecule has 1 aromatic heterocycles. The van der Waals surface area contributed by atoms with E-state index in [1.165, 1.54) is 11.1 Å². The highest BCUT2D eigenvalue weighted by atomic mass is 16.5. The van der Waals surface area contributed by atoms with E-state index in [-0.39, 0.29) is 0 Å². The van der Waals surface area contributed by atoms with E-state index in [0.29, 0.717) is 0 Å². The Morgan fingerprint density at radius 1 is 1.22 bits per heavy atom. The van der Waals surface area contributed by atoms with Crippen molar-refractivity contribution >= 4 is 0 Å². The van der Waals surface area contributed by atoms with Crippen molar-refractivity contribution in [2.75, 3.05) is 13.7 Å². The summed E-state index contributed by atoms with van der Waals surface area (Å²) in [5.41, 5.74) is 2.53. The summed E-state index contributed by atoms with van der Waals surface area (Å²) in [5.74, 6) is 0.897. The number of methoxy groups -OCH3 is 1. The Hall–Kier alpha value is -1.81. The fourth-order valence-corrected chi connectivity index (χ4v) is 1.81. The molecule has 0 amide bonds. The summed E-state index contributed by atoms with van der Waals surface area (Å²) in [6, 6.07) is 8.13. The maximum Gasteiger partial charge on any atom is 0.118 e. The van der Waals surface area contributed by atoms with Gasteiger partial charge >= 0.3 is 0 Å². The molecule has 0 saturated heterocycles. The van der Waals surface area contributed by atoms with Gasteiger partial charge in [0.25, 0.3) is 0 Å². The van der Waals surface area contributed by atoms with Crippen LogP contribution in [-0.4, -0.2) is 23.4 Å². The van der Waals surface area contributed by atoms with Gasteiger partial charge in [0.15, 0.2) is 0 Å². The van der Waals surface area contributed by atoms with Crippen LogP contribution in [0.3, 0.4) is 0 Å². The number of benzene rings is 1. The van der Waals surface area contributed by atoms with Gasteiger partial charge in [-0.05, 0) is 36.2 Å². The topological polar surface area (TPSA) is 39.1 Å². The number of aromatic nitrogens is 2. The molecule has 0 aliphatic rings. The molecule has 96 valence electrons. The Bertz CT molecular complexity index is 476. The first-order chi connectivity index (χ1) is 8.78. The lowest BCUT2D eigenvalue weighted by Gasteiger charge is -2.05. The third-order valence-electron chi connectivity index (χ3n) is 2.84. The number of nitrogens with one attached hydrogen (secondary N) is 1. The summed E-state index contributed by atoms with van der Waals surface area (Å²) in [7, 11) is 3.62. The molecule has 0 saturated carbocycles. The predicted octanol–water partition coefficient (Wildman–Crippen LogP) is 1.76. The van der Waals surface area contributed by atoms with E-state index < -0.39 is 0 Å². The number of rotatable bonds is 6. The van der Waals surface area contributed by atoms with Crippen molar-refractivity contribution < 1.29 is 4.74 Å². The lowest BCUT2D eigenvalue weighted by atomic mass is 10.2. The second-order valence-electron chi connectivity index (χ2n) is 4.30. The molecule has 2 rings (SSSR count).